The first-order valence-electron chi connectivity index (χ1n) is 9.65. The molecule has 4 aromatic rings. The second kappa shape index (κ2) is 9.50. The lowest BCUT2D eigenvalue weighted by molar-refractivity contribution is -0.118. The number of nitrogens with one attached hydrogen (secondary N) is 1. The number of ketones is 1. The van der Waals surface area contributed by atoms with Crippen molar-refractivity contribution in [3.63, 3.8) is 0 Å². The fourth-order valence-electron chi connectivity index (χ4n) is 3.17. The molecule has 152 valence electrons. The van der Waals surface area contributed by atoms with Crippen molar-refractivity contribution in [3.05, 3.63) is 96.1 Å². The molecular formula is C24H21NO4S. The minimum absolute atomic E-state index is 0.0418. The van der Waals surface area contributed by atoms with Crippen LogP contribution in [0.5, 0.6) is 0 Å². The zero-order chi connectivity index (χ0) is 20.8. The molecule has 1 N–H and O–H groups in total. The molecule has 0 saturated heterocycles. The van der Waals surface area contributed by atoms with E-state index in [2.05, 4.69) is 5.32 Å². The predicted octanol–water partition coefficient (Wildman–Crippen LogP) is 4.87. The zero-order valence-electron chi connectivity index (χ0n) is 16.2. The fraction of sp³-hybridized carbons (Fsp3) is 0.167. The molecule has 0 aliphatic heterocycles. The number of amides is 1. The molecule has 6 heteroatoms. The number of fused-ring (bicyclic) bond motifs is 1. The van der Waals surface area contributed by atoms with Gasteiger partial charge in [0, 0.05) is 5.39 Å². The summed E-state index contributed by atoms with van der Waals surface area (Å²) in [5.41, 5.74) is 1.62. The van der Waals surface area contributed by atoms with Gasteiger partial charge in [0.05, 0.1) is 23.8 Å². The molecule has 0 spiro atoms. The third kappa shape index (κ3) is 5.02. The highest BCUT2D eigenvalue weighted by Crippen LogP contribution is 2.19. The van der Waals surface area contributed by atoms with E-state index in [0.717, 1.165) is 16.7 Å². The summed E-state index contributed by atoms with van der Waals surface area (Å²) in [5, 5.41) is 3.72. The molecule has 0 aliphatic carbocycles. The highest BCUT2D eigenvalue weighted by Gasteiger charge is 2.23. The summed E-state index contributed by atoms with van der Waals surface area (Å²) in [6.07, 6.45) is 2.04. The van der Waals surface area contributed by atoms with Crippen LogP contribution in [-0.2, 0) is 17.0 Å². The van der Waals surface area contributed by atoms with Crippen LogP contribution in [0, 0.1) is 0 Å². The summed E-state index contributed by atoms with van der Waals surface area (Å²) in [7, 11) is 0. The van der Waals surface area contributed by atoms with E-state index < -0.39 is 11.9 Å². The Morgan fingerprint density at radius 1 is 0.967 bits per heavy atom. The van der Waals surface area contributed by atoms with Gasteiger partial charge in [0.15, 0.2) is 11.5 Å². The summed E-state index contributed by atoms with van der Waals surface area (Å²) < 4.78 is 11.0. The van der Waals surface area contributed by atoms with Gasteiger partial charge in [0.1, 0.15) is 11.3 Å². The van der Waals surface area contributed by atoms with Crippen LogP contribution in [0.3, 0.4) is 0 Å². The highest BCUT2D eigenvalue weighted by molar-refractivity contribution is 7.99. The molecule has 1 atom stereocenters. The SMILES string of the molecule is O=C(N[C@@H](Cc1ccccc1)C(=O)CSCc1ccco1)c1cc2ccccc2o1. The molecular weight excluding hydrogens is 398 g/mol. The molecule has 1 amide bonds. The Balaban J connectivity index is 1.45. The Kier molecular flexibility index (Phi) is 6.35. The molecule has 0 aliphatic rings. The molecule has 0 unspecified atom stereocenters. The number of benzene rings is 2. The van der Waals surface area contributed by atoms with Gasteiger partial charge >= 0.3 is 0 Å². The number of para-hydroxylation sites is 1. The van der Waals surface area contributed by atoms with Crippen molar-refractivity contribution >= 4 is 34.4 Å². The van der Waals surface area contributed by atoms with Crippen LogP contribution in [0.2, 0.25) is 0 Å². The number of hydrogen-bond donors (Lipinski definition) is 1. The van der Waals surface area contributed by atoms with Gasteiger partial charge in [0.2, 0.25) is 0 Å². The Morgan fingerprint density at radius 2 is 1.77 bits per heavy atom. The van der Waals surface area contributed by atoms with Gasteiger partial charge in [-0.15, -0.1) is 11.8 Å². The predicted molar refractivity (Wildman–Crippen MR) is 117 cm³/mol. The topological polar surface area (TPSA) is 72.5 Å². The Labute approximate surface area is 178 Å². The first kappa shape index (κ1) is 20.0. The first-order chi connectivity index (χ1) is 14.7. The molecule has 2 heterocycles. The molecule has 0 fully saturated rings. The zero-order valence-corrected chi connectivity index (χ0v) is 17.1. The van der Waals surface area contributed by atoms with Crippen molar-refractivity contribution < 1.29 is 18.4 Å². The first-order valence-corrected chi connectivity index (χ1v) is 10.8. The third-order valence-electron chi connectivity index (χ3n) is 4.69. The Bertz CT molecular complexity index is 1090. The van der Waals surface area contributed by atoms with Gasteiger partial charge in [0.25, 0.3) is 5.91 Å². The van der Waals surface area contributed by atoms with Gasteiger partial charge in [-0.2, -0.15) is 0 Å². The molecule has 2 aromatic heterocycles. The summed E-state index contributed by atoms with van der Waals surface area (Å²) in [6.45, 7) is 0. The lowest BCUT2D eigenvalue weighted by atomic mass is 10.0. The Morgan fingerprint density at radius 3 is 2.53 bits per heavy atom. The van der Waals surface area contributed by atoms with Crippen molar-refractivity contribution in [2.45, 2.75) is 18.2 Å². The molecule has 4 rings (SSSR count). The maximum Gasteiger partial charge on any atom is 0.287 e. The molecule has 5 nitrogen and oxygen atoms in total. The van der Waals surface area contributed by atoms with Gasteiger partial charge in [-0.1, -0.05) is 48.5 Å². The average molecular weight is 420 g/mol. The highest BCUT2D eigenvalue weighted by atomic mass is 32.2. The molecule has 30 heavy (non-hydrogen) atoms. The largest absolute Gasteiger partial charge is 0.468 e. The van der Waals surface area contributed by atoms with Crippen LogP contribution in [0.4, 0.5) is 0 Å². The van der Waals surface area contributed by atoms with Crippen molar-refractivity contribution in [1.29, 1.82) is 0 Å². The van der Waals surface area contributed by atoms with Crippen LogP contribution >= 0.6 is 11.8 Å². The summed E-state index contributed by atoms with van der Waals surface area (Å²) >= 11 is 1.47. The maximum atomic E-state index is 12.9. The number of rotatable bonds is 9. The van der Waals surface area contributed by atoms with Crippen LogP contribution in [0.1, 0.15) is 21.9 Å². The molecule has 0 saturated carbocycles. The van der Waals surface area contributed by atoms with Crippen molar-refractivity contribution in [3.8, 4) is 0 Å². The summed E-state index contributed by atoms with van der Waals surface area (Å²) in [4.78, 5) is 25.7. The standard InChI is InChI=1S/C24H21NO4S/c26-21(16-30-15-19-10-6-12-28-19)20(13-17-7-2-1-3-8-17)25-24(27)23-14-18-9-4-5-11-22(18)29-23/h1-12,14,20H,13,15-16H2,(H,25,27)/t20-/m0/s1. The van der Waals surface area contributed by atoms with Gasteiger partial charge in [-0.05, 0) is 36.2 Å². The van der Waals surface area contributed by atoms with E-state index in [0.29, 0.717) is 17.8 Å². The number of Topliss-reactive ketones (excluding diaryl/α,β-unsaturated/α-hetero) is 1. The van der Waals surface area contributed by atoms with Gasteiger partial charge in [-0.3, -0.25) is 9.59 Å². The Hall–Kier alpha value is -3.25. The van der Waals surface area contributed by atoms with Crippen molar-refractivity contribution in [1.82, 2.24) is 5.32 Å². The number of carbonyl (C=O) groups is 2. The number of carbonyl (C=O) groups excluding carboxylic acids is 2. The fourth-order valence-corrected chi connectivity index (χ4v) is 4.04. The van der Waals surface area contributed by atoms with E-state index in [-0.39, 0.29) is 17.3 Å². The summed E-state index contributed by atoms with van der Waals surface area (Å²) in [5.74, 6) is 1.47. The van der Waals surface area contributed by atoms with Crippen LogP contribution < -0.4 is 5.32 Å². The van der Waals surface area contributed by atoms with E-state index in [9.17, 15) is 9.59 Å². The maximum absolute atomic E-state index is 12.9. The number of hydrogen-bond acceptors (Lipinski definition) is 5. The van der Waals surface area contributed by atoms with E-state index in [1.807, 2.05) is 66.7 Å². The van der Waals surface area contributed by atoms with E-state index in [4.69, 9.17) is 8.83 Å². The van der Waals surface area contributed by atoms with Crippen molar-refractivity contribution in [2.24, 2.45) is 0 Å². The summed E-state index contributed by atoms with van der Waals surface area (Å²) in [6, 6.07) is 21.8. The van der Waals surface area contributed by atoms with Crippen LogP contribution in [-0.4, -0.2) is 23.5 Å². The third-order valence-corrected chi connectivity index (χ3v) is 5.67. The second-order valence-corrected chi connectivity index (χ2v) is 7.89. The van der Waals surface area contributed by atoms with E-state index in [1.54, 1.807) is 12.3 Å². The number of thioether (sulfide) groups is 1. The van der Waals surface area contributed by atoms with Crippen LogP contribution in [0.15, 0.2) is 87.9 Å². The normalized spacial score (nSPS) is 12.0. The lowest BCUT2D eigenvalue weighted by Crippen LogP contribution is -2.43. The second-order valence-electron chi connectivity index (χ2n) is 6.90. The number of furan rings is 2. The molecule has 0 bridgehead atoms. The quantitative estimate of drug-likeness (QED) is 0.419. The van der Waals surface area contributed by atoms with Gasteiger partial charge < -0.3 is 14.2 Å². The van der Waals surface area contributed by atoms with Crippen LogP contribution in [0.25, 0.3) is 11.0 Å². The van der Waals surface area contributed by atoms with E-state index >= 15 is 0 Å². The minimum Gasteiger partial charge on any atom is -0.468 e. The van der Waals surface area contributed by atoms with Crippen molar-refractivity contribution in [2.75, 3.05) is 5.75 Å². The minimum atomic E-state index is -0.641. The van der Waals surface area contributed by atoms with Gasteiger partial charge in [-0.25, -0.2) is 0 Å². The monoisotopic (exact) mass is 419 g/mol. The molecule has 0 radical (unpaired) electrons. The molecule has 2 aromatic carbocycles. The smallest absolute Gasteiger partial charge is 0.287 e. The van der Waals surface area contributed by atoms with E-state index in [1.165, 1.54) is 11.8 Å². The lowest BCUT2D eigenvalue weighted by Gasteiger charge is -2.17. The average Bonchev–Trinajstić information content (AvgIpc) is 3.43.